The molecule has 0 amide bonds. The number of halogens is 1. The number of hydrogen-bond acceptors (Lipinski definition) is 4. The van der Waals surface area contributed by atoms with E-state index >= 15 is 0 Å². The van der Waals surface area contributed by atoms with Crippen LogP contribution >= 0.6 is 11.6 Å². The third kappa shape index (κ3) is 2.62. The Bertz CT molecular complexity index is 372. The highest BCUT2D eigenvalue weighted by Crippen LogP contribution is 2.22. The molecule has 0 saturated carbocycles. The Labute approximate surface area is 100 Å². The first-order chi connectivity index (χ1) is 7.66. The van der Waals surface area contributed by atoms with Gasteiger partial charge in [0.2, 0.25) is 0 Å². The summed E-state index contributed by atoms with van der Waals surface area (Å²) in [4.78, 5) is 8.15. The highest BCUT2D eigenvalue weighted by molar-refractivity contribution is 6.30. The fourth-order valence-corrected chi connectivity index (χ4v) is 2.03. The van der Waals surface area contributed by atoms with Crippen molar-refractivity contribution < 1.29 is 4.74 Å². The van der Waals surface area contributed by atoms with E-state index in [0.717, 1.165) is 30.8 Å². The first kappa shape index (κ1) is 11.6. The molecule has 0 aromatic carbocycles. The van der Waals surface area contributed by atoms with Crippen molar-refractivity contribution in [1.29, 1.82) is 0 Å². The molecule has 1 N–H and O–H groups in total. The molecule has 1 aliphatic heterocycles. The molecule has 1 fully saturated rings. The van der Waals surface area contributed by atoms with Crippen LogP contribution in [0.3, 0.4) is 0 Å². The van der Waals surface area contributed by atoms with E-state index in [0.29, 0.717) is 17.3 Å². The van der Waals surface area contributed by atoms with Gasteiger partial charge in [-0.15, -0.1) is 0 Å². The molecule has 16 heavy (non-hydrogen) atoms. The van der Waals surface area contributed by atoms with Gasteiger partial charge in [-0.25, -0.2) is 9.97 Å². The van der Waals surface area contributed by atoms with Crippen molar-refractivity contribution in [3.8, 4) is 0 Å². The number of aromatic nitrogens is 2. The Morgan fingerprint density at radius 1 is 1.50 bits per heavy atom. The van der Waals surface area contributed by atoms with E-state index in [2.05, 4.69) is 22.2 Å². The quantitative estimate of drug-likeness (QED) is 0.808. The molecule has 4 nitrogen and oxygen atoms in total. The summed E-state index contributed by atoms with van der Waals surface area (Å²) in [6.07, 6.45) is 3.80. The second-order valence-electron chi connectivity index (χ2n) is 4.19. The Morgan fingerprint density at radius 2 is 2.31 bits per heavy atom. The van der Waals surface area contributed by atoms with Crippen molar-refractivity contribution in [2.24, 2.45) is 0 Å². The van der Waals surface area contributed by atoms with Gasteiger partial charge in [0.15, 0.2) is 0 Å². The predicted molar refractivity (Wildman–Crippen MR) is 63.8 cm³/mol. The molecule has 2 rings (SSSR count). The summed E-state index contributed by atoms with van der Waals surface area (Å²) in [7, 11) is 0. The standard InChI is InChI=1S/C11H16ClN3O/c1-7-5-9(3-4-16-7)15-11-8(2)10(12)13-6-14-11/h6-7,9H,3-5H2,1-2H3,(H,13,14,15). The fourth-order valence-electron chi connectivity index (χ4n) is 1.90. The van der Waals surface area contributed by atoms with Gasteiger partial charge in [-0.05, 0) is 26.7 Å². The van der Waals surface area contributed by atoms with Crippen LogP contribution in [-0.4, -0.2) is 28.7 Å². The van der Waals surface area contributed by atoms with E-state index in [9.17, 15) is 0 Å². The maximum Gasteiger partial charge on any atom is 0.137 e. The number of anilines is 1. The van der Waals surface area contributed by atoms with Crippen LogP contribution in [0.15, 0.2) is 6.33 Å². The maximum absolute atomic E-state index is 5.94. The topological polar surface area (TPSA) is 47.0 Å². The molecule has 1 aliphatic rings. The summed E-state index contributed by atoms with van der Waals surface area (Å²) in [6.45, 7) is 4.82. The molecule has 1 aromatic rings. The molecule has 2 heterocycles. The van der Waals surface area contributed by atoms with Crippen LogP contribution in [0.1, 0.15) is 25.3 Å². The van der Waals surface area contributed by atoms with Gasteiger partial charge < -0.3 is 10.1 Å². The van der Waals surface area contributed by atoms with Crippen LogP contribution in [-0.2, 0) is 4.74 Å². The lowest BCUT2D eigenvalue weighted by Gasteiger charge is -2.28. The first-order valence-electron chi connectivity index (χ1n) is 5.52. The van der Waals surface area contributed by atoms with E-state index in [1.54, 1.807) is 0 Å². The normalized spacial score (nSPS) is 25.4. The highest BCUT2D eigenvalue weighted by Gasteiger charge is 2.20. The minimum absolute atomic E-state index is 0.309. The maximum atomic E-state index is 5.94. The molecule has 0 radical (unpaired) electrons. The second-order valence-corrected chi connectivity index (χ2v) is 4.54. The molecule has 2 unspecified atom stereocenters. The summed E-state index contributed by atoms with van der Waals surface area (Å²) < 4.78 is 5.50. The fraction of sp³-hybridized carbons (Fsp3) is 0.636. The third-order valence-electron chi connectivity index (χ3n) is 2.85. The van der Waals surface area contributed by atoms with Gasteiger partial charge >= 0.3 is 0 Å². The van der Waals surface area contributed by atoms with Crippen LogP contribution in [0.5, 0.6) is 0 Å². The van der Waals surface area contributed by atoms with E-state index in [-0.39, 0.29) is 0 Å². The summed E-state index contributed by atoms with van der Waals surface area (Å²) in [6, 6.07) is 0.411. The molecular weight excluding hydrogens is 226 g/mol. The van der Waals surface area contributed by atoms with Crippen LogP contribution in [0.25, 0.3) is 0 Å². The van der Waals surface area contributed by atoms with Crippen molar-refractivity contribution >= 4 is 17.4 Å². The zero-order valence-corrected chi connectivity index (χ0v) is 10.3. The van der Waals surface area contributed by atoms with Gasteiger partial charge in [0.1, 0.15) is 17.3 Å². The van der Waals surface area contributed by atoms with Gasteiger partial charge in [-0.1, -0.05) is 11.6 Å². The Kier molecular flexibility index (Phi) is 3.61. The van der Waals surface area contributed by atoms with Crippen LogP contribution in [0.4, 0.5) is 5.82 Å². The van der Waals surface area contributed by atoms with Crippen LogP contribution < -0.4 is 5.32 Å². The summed E-state index contributed by atoms with van der Waals surface area (Å²) in [5, 5.41) is 3.92. The number of nitrogens with zero attached hydrogens (tertiary/aromatic N) is 2. The first-order valence-corrected chi connectivity index (χ1v) is 5.90. The van der Waals surface area contributed by atoms with Gasteiger partial charge in [-0.2, -0.15) is 0 Å². The number of rotatable bonds is 2. The molecule has 0 bridgehead atoms. The lowest BCUT2D eigenvalue weighted by atomic mass is 10.0. The molecule has 5 heteroatoms. The van der Waals surface area contributed by atoms with Gasteiger partial charge in [0, 0.05) is 18.2 Å². The molecule has 1 saturated heterocycles. The molecule has 2 atom stereocenters. The van der Waals surface area contributed by atoms with Gasteiger partial charge in [0.25, 0.3) is 0 Å². The van der Waals surface area contributed by atoms with Crippen molar-refractivity contribution in [3.63, 3.8) is 0 Å². The predicted octanol–water partition coefficient (Wildman–Crippen LogP) is 2.42. The minimum Gasteiger partial charge on any atom is -0.378 e. The molecule has 1 aromatic heterocycles. The number of ether oxygens (including phenoxy) is 1. The zero-order valence-electron chi connectivity index (χ0n) is 9.53. The zero-order chi connectivity index (χ0) is 11.5. The van der Waals surface area contributed by atoms with Crippen LogP contribution in [0.2, 0.25) is 5.15 Å². The Balaban J connectivity index is 2.05. The van der Waals surface area contributed by atoms with Crippen molar-refractivity contribution in [2.75, 3.05) is 11.9 Å². The molecule has 0 spiro atoms. The number of hydrogen-bond donors (Lipinski definition) is 1. The average molecular weight is 242 g/mol. The smallest absolute Gasteiger partial charge is 0.137 e. The summed E-state index contributed by atoms with van der Waals surface area (Å²) in [5.41, 5.74) is 0.906. The monoisotopic (exact) mass is 241 g/mol. The third-order valence-corrected chi connectivity index (χ3v) is 3.23. The van der Waals surface area contributed by atoms with Crippen molar-refractivity contribution in [3.05, 3.63) is 17.0 Å². The largest absolute Gasteiger partial charge is 0.378 e. The Morgan fingerprint density at radius 3 is 3.06 bits per heavy atom. The average Bonchev–Trinajstić information content (AvgIpc) is 2.25. The van der Waals surface area contributed by atoms with Gasteiger partial charge in [0.05, 0.1) is 6.10 Å². The van der Waals surface area contributed by atoms with Gasteiger partial charge in [-0.3, -0.25) is 0 Å². The minimum atomic E-state index is 0.309. The van der Waals surface area contributed by atoms with E-state index < -0.39 is 0 Å². The lowest BCUT2D eigenvalue weighted by molar-refractivity contribution is 0.0231. The van der Waals surface area contributed by atoms with Crippen molar-refractivity contribution in [1.82, 2.24) is 9.97 Å². The molecular formula is C11H16ClN3O. The van der Waals surface area contributed by atoms with Crippen LogP contribution in [0, 0.1) is 6.92 Å². The number of nitrogens with one attached hydrogen (secondary N) is 1. The van der Waals surface area contributed by atoms with Crippen molar-refractivity contribution in [2.45, 2.75) is 38.8 Å². The summed E-state index contributed by atoms with van der Waals surface area (Å²) >= 11 is 5.94. The highest BCUT2D eigenvalue weighted by atomic mass is 35.5. The van der Waals surface area contributed by atoms with E-state index in [1.807, 2.05) is 6.92 Å². The molecule has 0 aliphatic carbocycles. The Hall–Kier alpha value is -0.870. The molecule has 88 valence electrons. The van der Waals surface area contributed by atoms with E-state index in [4.69, 9.17) is 16.3 Å². The summed E-state index contributed by atoms with van der Waals surface area (Å²) in [5.74, 6) is 0.833. The second kappa shape index (κ2) is 4.97. The van der Waals surface area contributed by atoms with E-state index in [1.165, 1.54) is 6.33 Å². The SMILES string of the molecule is Cc1c(Cl)ncnc1NC1CCOC(C)C1. The lowest BCUT2D eigenvalue weighted by Crippen LogP contribution is -2.33.